The second kappa shape index (κ2) is 14.3. The summed E-state index contributed by atoms with van der Waals surface area (Å²) in [7, 11) is 1.16. The molecule has 54 heavy (non-hydrogen) atoms. The minimum absolute atomic E-state index is 0.0580. The van der Waals surface area contributed by atoms with Crippen LogP contribution >= 0.6 is 11.3 Å². The summed E-state index contributed by atoms with van der Waals surface area (Å²) in [5.41, 5.74) is 1.36. The SMILES string of the molecule is COc1nc2c3c(c(C(F)(F)F)c(-c4ccc(F)c5sc(N)c(C#N)c45)c(F)c3n1)OCCN2C(C)c1cccnc1C(F)F.FC1CC2CCCN2C1. The van der Waals surface area contributed by atoms with E-state index in [4.69, 9.17) is 15.2 Å². The zero-order chi connectivity index (χ0) is 38.6. The number of anilines is 2. The quantitative estimate of drug-likeness (QED) is 0.175. The zero-order valence-corrected chi connectivity index (χ0v) is 29.5. The number of thiophene rings is 1. The summed E-state index contributed by atoms with van der Waals surface area (Å²) in [4.78, 5) is 15.7. The van der Waals surface area contributed by atoms with E-state index in [1.54, 1.807) is 6.07 Å². The summed E-state index contributed by atoms with van der Waals surface area (Å²) < 4.78 is 128. The molecule has 5 aromatic rings. The maximum absolute atomic E-state index is 16.8. The van der Waals surface area contributed by atoms with Crippen molar-refractivity contribution in [2.24, 2.45) is 0 Å². The number of methoxy groups -OCH3 is 1. The monoisotopic (exact) mass is 777 g/mol. The summed E-state index contributed by atoms with van der Waals surface area (Å²) in [5, 5.41) is 8.77. The molecular weight excluding hydrogens is 746 g/mol. The van der Waals surface area contributed by atoms with Gasteiger partial charge < -0.3 is 20.1 Å². The van der Waals surface area contributed by atoms with Gasteiger partial charge in [-0.05, 0) is 50.4 Å². The molecule has 0 aliphatic carbocycles. The molecular formula is C36H31F8N7O2S. The molecule has 0 saturated carbocycles. The van der Waals surface area contributed by atoms with E-state index in [0.717, 1.165) is 32.2 Å². The van der Waals surface area contributed by atoms with Crippen molar-refractivity contribution in [1.82, 2.24) is 19.9 Å². The van der Waals surface area contributed by atoms with Crippen molar-refractivity contribution in [2.75, 3.05) is 44.0 Å². The van der Waals surface area contributed by atoms with Crippen LogP contribution in [0.2, 0.25) is 0 Å². The molecule has 3 aromatic heterocycles. The van der Waals surface area contributed by atoms with Crippen molar-refractivity contribution >= 4 is 43.1 Å². The van der Waals surface area contributed by atoms with Gasteiger partial charge >= 0.3 is 12.2 Å². The smallest absolute Gasteiger partial charge is 0.420 e. The Hall–Kier alpha value is -5.02. The number of pyridine rings is 1. The maximum Gasteiger partial charge on any atom is 0.420 e. The number of nitrogens with two attached hydrogens (primary N) is 1. The number of rotatable bonds is 5. The molecule has 0 spiro atoms. The summed E-state index contributed by atoms with van der Waals surface area (Å²) in [6.45, 7) is 2.79. The van der Waals surface area contributed by atoms with Gasteiger partial charge in [-0.3, -0.25) is 9.88 Å². The fourth-order valence-electron chi connectivity index (χ4n) is 7.63. The van der Waals surface area contributed by atoms with Crippen molar-refractivity contribution in [3.05, 3.63) is 64.5 Å². The van der Waals surface area contributed by atoms with Crippen molar-refractivity contribution in [3.63, 3.8) is 0 Å². The normalized spacial score (nSPS) is 19.0. The van der Waals surface area contributed by atoms with E-state index in [2.05, 4.69) is 19.9 Å². The van der Waals surface area contributed by atoms with E-state index < -0.39 is 88.1 Å². The number of nitriles is 1. The van der Waals surface area contributed by atoms with Gasteiger partial charge in [-0.25, -0.2) is 22.0 Å². The summed E-state index contributed by atoms with van der Waals surface area (Å²) in [6.07, 6.45) is -4.23. The molecule has 2 fully saturated rings. The summed E-state index contributed by atoms with van der Waals surface area (Å²) >= 11 is 0.634. The highest BCUT2D eigenvalue weighted by Gasteiger charge is 2.44. The first kappa shape index (κ1) is 37.3. The molecule has 3 atom stereocenters. The number of ether oxygens (including phenoxy) is 2. The fourth-order valence-corrected chi connectivity index (χ4v) is 8.58. The van der Waals surface area contributed by atoms with E-state index >= 15 is 17.6 Å². The molecule has 9 nitrogen and oxygen atoms in total. The molecule has 0 amide bonds. The Morgan fingerprint density at radius 2 is 1.91 bits per heavy atom. The van der Waals surface area contributed by atoms with Gasteiger partial charge in [0.2, 0.25) is 0 Å². The van der Waals surface area contributed by atoms with Crippen LogP contribution in [0.4, 0.5) is 45.9 Å². The van der Waals surface area contributed by atoms with Crippen molar-refractivity contribution in [3.8, 4) is 29.0 Å². The second-order valence-electron chi connectivity index (χ2n) is 13.0. The third kappa shape index (κ3) is 6.36. The number of benzene rings is 2. The molecule has 2 aromatic carbocycles. The average Bonchev–Trinajstić information content (AvgIpc) is 3.79. The molecule has 3 unspecified atom stereocenters. The summed E-state index contributed by atoms with van der Waals surface area (Å²) in [5.74, 6) is -3.46. The molecule has 3 aliphatic heterocycles. The van der Waals surface area contributed by atoms with E-state index in [1.165, 1.54) is 43.0 Å². The van der Waals surface area contributed by atoms with Gasteiger partial charge in [0.25, 0.3) is 6.43 Å². The van der Waals surface area contributed by atoms with Crippen LogP contribution in [-0.2, 0) is 6.18 Å². The lowest BCUT2D eigenvalue weighted by molar-refractivity contribution is -0.138. The Morgan fingerprint density at radius 1 is 1.13 bits per heavy atom. The number of nitrogen functional groups attached to an aromatic ring is 1. The predicted octanol–water partition coefficient (Wildman–Crippen LogP) is 8.76. The van der Waals surface area contributed by atoms with Crippen LogP contribution in [0.1, 0.15) is 61.0 Å². The highest BCUT2D eigenvalue weighted by Crippen LogP contribution is 2.54. The molecule has 3 aliphatic rings. The first-order chi connectivity index (χ1) is 25.7. The van der Waals surface area contributed by atoms with Crippen LogP contribution in [-0.4, -0.2) is 65.4 Å². The Labute approximate surface area is 306 Å². The van der Waals surface area contributed by atoms with E-state index in [9.17, 15) is 22.8 Å². The Balaban J connectivity index is 0.000000433. The maximum atomic E-state index is 16.8. The number of halogens is 8. The molecule has 0 bridgehead atoms. The van der Waals surface area contributed by atoms with Gasteiger partial charge in [-0.2, -0.15) is 28.4 Å². The Bertz CT molecular complexity index is 2280. The molecule has 0 radical (unpaired) electrons. The van der Waals surface area contributed by atoms with Gasteiger partial charge in [0.1, 0.15) is 58.0 Å². The van der Waals surface area contributed by atoms with Crippen molar-refractivity contribution in [2.45, 2.75) is 57.0 Å². The van der Waals surface area contributed by atoms with Crippen LogP contribution in [0.25, 0.3) is 32.1 Å². The van der Waals surface area contributed by atoms with Gasteiger partial charge in [-0.15, -0.1) is 11.3 Å². The van der Waals surface area contributed by atoms with Gasteiger partial charge in [0.05, 0.1) is 35.3 Å². The Morgan fingerprint density at radius 3 is 2.59 bits per heavy atom. The third-order valence-electron chi connectivity index (χ3n) is 9.97. The summed E-state index contributed by atoms with van der Waals surface area (Å²) in [6, 6.07) is 5.58. The molecule has 2 saturated heterocycles. The standard InChI is InChI=1S/C29H19F7N6O2S.C7H12FN/c1-11(12-4-3-7-39-21(12)25(32)33)42-8-9-44-23-18-22(40-28(43-2)41-27(18)42)20(31)17(19(23)29(34,35)36)13-5-6-15(30)24-16(13)14(10-37)26(38)45-24;8-6-4-7-2-1-3-9(7)5-6/h3-7,11,25H,8-9,38H2,1-2H3;6-7H,1-5H2. The van der Waals surface area contributed by atoms with Gasteiger partial charge in [-0.1, -0.05) is 12.1 Å². The number of nitrogens with zero attached hydrogens (tertiary/aromatic N) is 6. The second-order valence-corrected chi connectivity index (χ2v) is 14.1. The van der Waals surface area contributed by atoms with E-state index in [1.807, 2.05) is 0 Å². The largest absolute Gasteiger partial charge is 0.490 e. The number of hydrogen-bond donors (Lipinski definition) is 1. The lowest BCUT2D eigenvalue weighted by Gasteiger charge is -2.30. The van der Waals surface area contributed by atoms with Crippen LogP contribution in [0.15, 0.2) is 30.5 Å². The molecule has 284 valence electrons. The minimum Gasteiger partial charge on any atom is -0.490 e. The van der Waals surface area contributed by atoms with Crippen molar-refractivity contribution in [1.29, 1.82) is 5.26 Å². The van der Waals surface area contributed by atoms with Crippen LogP contribution < -0.4 is 20.1 Å². The average molecular weight is 778 g/mol. The van der Waals surface area contributed by atoms with Gasteiger partial charge in [0, 0.05) is 35.3 Å². The van der Waals surface area contributed by atoms with Crippen LogP contribution in [0, 0.1) is 23.0 Å². The number of fused-ring (bicyclic) bond motifs is 2. The highest BCUT2D eigenvalue weighted by atomic mass is 32.1. The number of aromatic nitrogens is 3. The number of alkyl halides is 6. The first-order valence-corrected chi connectivity index (χ1v) is 17.7. The minimum atomic E-state index is -5.26. The lowest BCUT2D eigenvalue weighted by atomic mass is 9.91. The third-order valence-corrected chi connectivity index (χ3v) is 11.0. The molecule has 18 heteroatoms. The number of hydrogen-bond acceptors (Lipinski definition) is 10. The van der Waals surface area contributed by atoms with Crippen LogP contribution in [0.3, 0.4) is 0 Å². The lowest BCUT2D eigenvalue weighted by Crippen LogP contribution is -2.31. The molecule has 8 rings (SSSR count). The Kier molecular flexibility index (Phi) is 9.90. The predicted molar refractivity (Wildman–Crippen MR) is 186 cm³/mol. The first-order valence-electron chi connectivity index (χ1n) is 16.8. The molecule has 6 heterocycles. The fraction of sp³-hybridized carbons (Fsp3) is 0.389. The van der Waals surface area contributed by atoms with Gasteiger partial charge in [0.15, 0.2) is 5.82 Å². The van der Waals surface area contributed by atoms with E-state index in [0.29, 0.717) is 23.9 Å². The van der Waals surface area contributed by atoms with Crippen LogP contribution in [0.5, 0.6) is 11.8 Å². The zero-order valence-electron chi connectivity index (χ0n) is 28.7. The highest BCUT2D eigenvalue weighted by molar-refractivity contribution is 7.23. The topological polar surface area (TPSA) is 113 Å². The molecule has 2 N–H and O–H groups in total. The van der Waals surface area contributed by atoms with Crippen molar-refractivity contribution < 1.29 is 44.6 Å². The van der Waals surface area contributed by atoms with E-state index in [-0.39, 0.29) is 38.6 Å².